The lowest BCUT2D eigenvalue weighted by Gasteiger charge is -2.42. The van der Waals surface area contributed by atoms with Crippen molar-refractivity contribution in [2.24, 2.45) is 0 Å². The van der Waals surface area contributed by atoms with E-state index in [1.165, 1.54) is 0 Å². The maximum atomic E-state index is 12.1. The van der Waals surface area contributed by atoms with Crippen LogP contribution in [0.4, 0.5) is 0 Å². The average Bonchev–Trinajstić information content (AvgIpc) is 2.22. The molecule has 0 unspecified atom stereocenters. The maximum Gasteiger partial charge on any atom is 0.225 e. The Morgan fingerprint density at radius 3 is 2.38 bits per heavy atom. The molecule has 1 fully saturated rings. The first-order valence-corrected chi connectivity index (χ1v) is 5.79. The second kappa shape index (κ2) is 4.72. The first kappa shape index (κ1) is 13.5. The number of aliphatic hydroxyl groups is 1. The van der Waals surface area contributed by atoms with Gasteiger partial charge in [0.05, 0.1) is 24.2 Å². The number of nitrogens with zero attached hydrogens (tertiary/aromatic N) is 1. The van der Waals surface area contributed by atoms with Crippen molar-refractivity contribution in [3.63, 3.8) is 0 Å². The van der Waals surface area contributed by atoms with Gasteiger partial charge in [-0.2, -0.15) is 0 Å². The topological polar surface area (TPSA) is 49.8 Å². The number of rotatable bonds is 5. The van der Waals surface area contributed by atoms with Crippen molar-refractivity contribution >= 4 is 5.91 Å². The molecule has 0 spiro atoms. The zero-order valence-corrected chi connectivity index (χ0v) is 10.7. The summed E-state index contributed by atoms with van der Waals surface area (Å²) in [4.78, 5) is 13.7. The van der Waals surface area contributed by atoms with Gasteiger partial charge in [-0.1, -0.05) is 0 Å². The molecule has 4 heteroatoms. The molecule has 0 aromatic carbocycles. The lowest BCUT2D eigenvalue weighted by atomic mass is 9.77. The Balaban J connectivity index is 2.58. The van der Waals surface area contributed by atoms with Crippen LogP contribution in [0.15, 0.2) is 0 Å². The summed E-state index contributed by atoms with van der Waals surface area (Å²) in [6, 6.07) is 0. The molecule has 1 rings (SSSR count). The fraction of sp³-hybridized carbons (Fsp3) is 0.917. The highest BCUT2D eigenvalue weighted by Crippen LogP contribution is 2.38. The third-order valence-corrected chi connectivity index (χ3v) is 3.84. The normalized spacial score (nSPS) is 19.1. The summed E-state index contributed by atoms with van der Waals surface area (Å²) in [5.74, 6) is 0.0422. The van der Waals surface area contributed by atoms with E-state index in [1.807, 2.05) is 13.8 Å². The highest BCUT2D eigenvalue weighted by Gasteiger charge is 2.41. The van der Waals surface area contributed by atoms with E-state index >= 15 is 0 Å². The minimum absolute atomic E-state index is 0.0325. The van der Waals surface area contributed by atoms with E-state index in [9.17, 15) is 9.90 Å². The van der Waals surface area contributed by atoms with Crippen LogP contribution in [0.5, 0.6) is 0 Å². The fourth-order valence-electron chi connectivity index (χ4n) is 1.86. The second-order valence-electron chi connectivity index (χ2n) is 5.34. The van der Waals surface area contributed by atoms with Gasteiger partial charge in [0, 0.05) is 14.2 Å². The standard InChI is InChI=1S/C12H23NO3/c1-11(2,9-14)13(3)10(15)8-12(16-4)6-5-7-12/h14H,5-9H2,1-4H3. The quantitative estimate of drug-likeness (QED) is 0.770. The number of hydrogen-bond acceptors (Lipinski definition) is 3. The minimum atomic E-state index is -0.504. The maximum absolute atomic E-state index is 12.1. The number of methoxy groups -OCH3 is 1. The molecule has 0 radical (unpaired) electrons. The summed E-state index contributed by atoms with van der Waals surface area (Å²) in [6.45, 7) is 3.67. The monoisotopic (exact) mass is 229 g/mol. The van der Waals surface area contributed by atoms with Gasteiger partial charge < -0.3 is 14.7 Å². The molecule has 1 saturated carbocycles. The van der Waals surface area contributed by atoms with Crippen LogP contribution in [0.3, 0.4) is 0 Å². The number of ether oxygens (including phenoxy) is 1. The number of amides is 1. The lowest BCUT2D eigenvalue weighted by Crippen LogP contribution is -2.51. The number of likely N-dealkylation sites (N-methyl/N-ethyl adjacent to an activating group) is 1. The van der Waals surface area contributed by atoms with E-state index in [0.717, 1.165) is 19.3 Å². The summed E-state index contributed by atoms with van der Waals surface area (Å²) in [6.07, 6.45) is 3.48. The lowest BCUT2D eigenvalue weighted by molar-refractivity contribution is -0.148. The predicted molar refractivity (Wildman–Crippen MR) is 62.1 cm³/mol. The van der Waals surface area contributed by atoms with Crippen LogP contribution >= 0.6 is 0 Å². The molecule has 1 aliphatic rings. The molecule has 0 bridgehead atoms. The summed E-state index contributed by atoms with van der Waals surface area (Å²) in [5, 5.41) is 9.21. The van der Waals surface area contributed by atoms with E-state index in [1.54, 1.807) is 19.1 Å². The van der Waals surface area contributed by atoms with Gasteiger partial charge in [0.15, 0.2) is 0 Å². The minimum Gasteiger partial charge on any atom is -0.394 e. The van der Waals surface area contributed by atoms with E-state index < -0.39 is 5.54 Å². The zero-order chi connectivity index (χ0) is 12.4. The molecule has 4 nitrogen and oxygen atoms in total. The Kier molecular flexibility index (Phi) is 3.97. The molecule has 94 valence electrons. The molecular weight excluding hydrogens is 206 g/mol. The van der Waals surface area contributed by atoms with Crippen LogP contribution in [0.1, 0.15) is 39.5 Å². The highest BCUT2D eigenvalue weighted by atomic mass is 16.5. The molecule has 1 amide bonds. The fourth-order valence-corrected chi connectivity index (χ4v) is 1.86. The first-order chi connectivity index (χ1) is 7.37. The third-order valence-electron chi connectivity index (χ3n) is 3.84. The summed E-state index contributed by atoms with van der Waals surface area (Å²) >= 11 is 0. The molecular formula is C12H23NO3. The van der Waals surface area contributed by atoms with Crippen molar-refractivity contribution < 1.29 is 14.6 Å². The van der Waals surface area contributed by atoms with Crippen molar-refractivity contribution in [2.75, 3.05) is 20.8 Å². The van der Waals surface area contributed by atoms with Crippen molar-refractivity contribution in [1.82, 2.24) is 4.90 Å². The first-order valence-electron chi connectivity index (χ1n) is 5.79. The van der Waals surface area contributed by atoms with Crippen LogP contribution < -0.4 is 0 Å². The zero-order valence-electron chi connectivity index (χ0n) is 10.7. The summed E-state index contributed by atoms with van der Waals surface area (Å²) in [5.41, 5.74) is -0.743. The van der Waals surface area contributed by atoms with Crippen molar-refractivity contribution in [2.45, 2.75) is 50.7 Å². The van der Waals surface area contributed by atoms with Crippen LogP contribution in [0.25, 0.3) is 0 Å². The van der Waals surface area contributed by atoms with Gasteiger partial charge in [-0.25, -0.2) is 0 Å². The number of hydrogen-bond donors (Lipinski definition) is 1. The van der Waals surface area contributed by atoms with Crippen LogP contribution in [-0.4, -0.2) is 47.8 Å². The molecule has 0 saturated heterocycles. The molecule has 1 N–H and O–H groups in total. The summed E-state index contributed by atoms with van der Waals surface area (Å²) < 4.78 is 5.43. The van der Waals surface area contributed by atoms with Gasteiger partial charge in [0.25, 0.3) is 0 Å². The molecule has 0 aromatic rings. The van der Waals surface area contributed by atoms with E-state index in [0.29, 0.717) is 6.42 Å². The van der Waals surface area contributed by atoms with Gasteiger partial charge in [0.2, 0.25) is 5.91 Å². The van der Waals surface area contributed by atoms with Crippen LogP contribution in [-0.2, 0) is 9.53 Å². The number of carbonyl (C=O) groups is 1. The Morgan fingerprint density at radius 2 is 2.06 bits per heavy atom. The van der Waals surface area contributed by atoms with E-state index in [4.69, 9.17) is 4.74 Å². The molecule has 0 aromatic heterocycles. The van der Waals surface area contributed by atoms with E-state index in [-0.39, 0.29) is 18.1 Å². The Bertz CT molecular complexity index is 253. The average molecular weight is 229 g/mol. The largest absolute Gasteiger partial charge is 0.394 e. The van der Waals surface area contributed by atoms with Gasteiger partial charge >= 0.3 is 0 Å². The summed E-state index contributed by atoms with van der Waals surface area (Å²) in [7, 11) is 3.41. The number of carbonyl (C=O) groups excluding carboxylic acids is 1. The van der Waals surface area contributed by atoms with Crippen molar-refractivity contribution in [1.29, 1.82) is 0 Å². The van der Waals surface area contributed by atoms with Gasteiger partial charge in [0.1, 0.15) is 0 Å². The Hall–Kier alpha value is -0.610. The van der Waals surface area contributed by atoms with Crippen molar-refractivity contribution in [3.8, 4) is 0 Å². The predicted octanol–water partition coefficient (Wildman–Crippen LogP) is 1.17. The smallest absolute Gasteiger partial charge is 0.225 e. The number of aliphatic hydroxyl groups excluding tert-OH is 1. The van der Waals surface area contributed by atoms with Crippen LogP contribution in [0, 0.1) is 0 Å². The van der Waals surface area contributed by atoms with Crippen molar-refractivity contribution in [3.05, 3.63) is 0 Å². The highest BCUT2D eigenvalue weighted by molar-refractivity contribution is 5.78. The molecule has 0 aliphatic heterocycles. The Morgan fingerprint density at radius 1 is 1.50 bits per heavy atom. The van der Waals surface area contributed by atoms with Gasteiger partial charge in [-0.3, -0.25) is 4.79 Å². The van der Waals surface area contributed by atoms with Crippen LogP contribution in [0.2, 0.25) is 0 Å². The third kappa shape index (κ3) is 2.55. The van der Waals surface area contributed by atoms with E-state index in [2.05, 4.69) is 0 Å². The molecule has 16 heavy (non-hydrogen) atoms. The van der Waals surface area contributed by atoms with Gasteiger partial charge in [-0.15, -0.1) is 0 Å². The SMILES string of the molecule is COC1(CC(=O)N(C)C(C)(C)CO)CCC1. The second-order valence-corrected chi connectivity index (χ2v) is 5.34. The molecule has 1 aliphatic carbocycles. The Labute approximate surface area is 97.6 Å². The molecule has 0 heterocycles. The van der Waals surface area contributed by atoms with Gasteiger partial charge in [-0.05, 0) is 33.1 Å². The molecule has 0 atom stereocenters.